The molecule has 0 aromatic heterocycles. The molecular weight excluding hydrogens is 372 g/mol. The number of amides is 2. The number of benzene rings is 2. The van der Waals surface area contributed by atoms with Crippen molar-refractivity contribution in [3.05, 3.63) is 65.7 Å². The van der Waals surface area contributed by atoms with E-state index in [1.807, 2.05) is 0 Å². The van der Waals surface area contributed by atoms with Gasteiger partial charge in [0.2, 0.25) is 0 Å². The number of hydrogen-bond acceptors (Lipinski definition) is 3. The van der Waals surface area contributed by atoms with Gasteiger partial charge in [0.1, 0.15) is 0 Å². The average molecular weight is 407 g/mol. The van der Waals surface area contributed by atoms with Crippen molar-refractivity contribution in [2.45, 2.75) is 38.8 Å². The Bertz CT molecular complexity index is 817. The molecule has 1 atom stereocenters. The fourth-order valence-electron chi connectivity index (χ4n) is 4.61. The Kier molecular flexibility index (Phi) is 6.90. The first-order chi connectivity index (χ1) is 14.7. The molecular formula is C25H34N4O. The molecule has 2 saturated heterocycles. The molecule has 0 saturated carbocycles. The van der Waals surface area contributed by atoms with E-state index in [1.54, 1.807) is 0 Å². The summed E-state index contributed by atoms with van der Waals surface area (Å²) in [6.45, 7) is 8.09. The molecule has 4 rings (SSSR count). The van der Waals surface area contributed by atoms with Crippen LogP contribution in [0.15, 0.2) is 54.6 Å². The lowest BCUT2D eigenvalue weighted by Crippen LogP contribution is -2.48. The Labute approximate surface area is 180 Å². The number of likely N-dealkylation sites (tertiary alicyclic amines) is 1. The molecule has 0 aliphatic carbocycles. The van der Waals surface area contributed by atoms with Gasteiger partial charge in [-0.05, 0) is 55.4 Å². The van der Waals surface area contributed by atoms with E-state index < -0.39 is 0 Å². The number of nitrogens with zero attached hydrogens (tertiary/aromatic N) is 2. The van der Waals surface area contributed by atoms with Gasteiger partial charge in [0.15, 0.2) is 0 Å². The van der Waals surface area contributed by atoms with Crippen LogP contribution >= 0.6 is 0 Å². The first-order valence-electron chi connectivity index (χ1n) is 11.3. The van der Waals surface area contributed by atoms with Crippen molar-refractivity contribution in [2.24, 2.45) is 5.92 Å². The van der Waals surface area contributed by atoms with Crippen LogP contribution in [0.1, 0.15) is 30.4 Å². The van der Waals surface area contributed by atoms with Crippen LogP contribution in [-0.4, -0.2) is 49.7 Å². The standard InChI is InChI=1S/C25H34N4O/c1-20-7-5-6-8-22(20)19-28-14-12-23(13-15-28)27-25(30)26-17-21-11-16-29(18-21)24-9-3-2-4-10-24/h2-10,21,23H,11-19H2,1H3,(H2,26,27,30). The van der Waals surface area contributed by atoms with Gasteiger partial charge in [0.25, 0.3) is 0 Å². The van der Waals surface area contributed by atoms with Gasteiger partial charge in [-0.15, -0.1) is 0 Å². The average Bonchev–Trinajstić information content (AvgIpc) is 3.25. The molecule has 5 nitrogen and oxygen atoms in total. The Morgan fingerprint density at radius 1 is 0.967 bits per heavy atom. The van der Waals surface area contributed by atoms with Gasteiger partial charge in [-0.3, -0.25) is 4.90 Å². The minimum absolute atomic E-state index is 0.00878. The van der Waals surface area contributed by atoms with Gasteiger partial charge < -0.3 is 15.5 Å². The number of anilines is 1. The summed E-state index contributed by atoms with van der Waals surface area (Å²) in [5.74, 6) is 0.520. The second-order valence-electron chi connectivity index (χ2n) is 8.77. The molecule has 2 heterocycles. The maximum Gasteiger partial charge on any atom is 0.315 e. The van der Waals surface area contributed by atoms with Crippen molar-refractivity contribution < 1.29 is 4.79 Å². The van der Waals surface area contributed by atoms with Crippen LogP contribution in [-0.2, 0) is 6.54 Å². The Morgan fingerprint density at radius 2 is 1.70 bits per heavy atom. The summed E-state index contributed by atoms with van der Waals surface area (Å²) >= 11 is 0. The lowest BCUT2D eigenvalue weighted by molar-refractivity contribution is 0.186. The van der Waals surface area contributed by atoms with E-state index in [0.717, 1.165) is 58.5 Å². The van der Waals surface area contributed by atoms with Crippen LogP contribution in [0.4, 0.5) is 10.5 Å². The second-order valence-corrected chi connectivity index (χ2v) is 8.77. The number of carbonyl (C=O) groups excluding carboxylic acids is 1. The lowest BCUT2D eigenvalue weighted by atomic mass is 10.0. The third kappa shape index (κ3) is 5.54. The zero-order valence-electron chi connectivity index (χ0n) is 18.0. The Morgan fingerprint density at radius 3 is 2.47 bits per heavy atom. The summed E-state index contributed by atoms with van der Waals surface area (Å²) in [5, 5.41) is 6.30. The highest BCUT2D eigenvalue weighted by atomic mass is 16.2. The summed E-state index contributed by atoms with van der Waals surface area (Å²) < 4.78 is 0. The summed E-state index contributed by atoms with van der Waals surface area (Å²) in [6.07, 6.45) is 3.17. The zero-order chi connectivity index (χ0) is 20.8. The molecule has 2 N–H and O–H groups in total. The summed E-state index contributed by atoms with van der Waals surface area (Å²) in [7, 11) is 0. The van der Waals surface area contributed by atoms with E-state index in [-0.39, 0.29) is 12.1 Å². The molecule has 2 aromatic rings. The van der Waals surface area contributed by atoms with Crippen LogP contribution in [0.3, 0.4) is 0 Å². The van der Waals surface area contributed by atoms with Gasteiger partial charge in [0.05, 0.1) is 0 Å². The van der Waals surface area contributed by atoms with E-state index in [0.29, 0.717) is 5.92 Å². The molecule has 0 spiro atoms. The first-order valence-corrected chi connectivity index (χ1v) is 11.3. The highest BCUT2D eigenvalue weighted by Crippen LogP contribution is 2.23. The summed E-state index contributed by atoms with van der Waals surface area (Å²) in [4.78, 5) is 17.3. The number of urea groups is 1. The number of nitrogens with one attached hydrogen (secondary N) is 2. The zero-order valence-corrected chi connectivity index (χ0v) is 18.0. The van der Waals surface area contributed by atoms with Crippen LogP contribution in [0, 0.1) is 12.8 Å². The number of para-hydroxylation sites is 1. The molecule has 0 bridgehead atoms. The molecule has 2 aliphatic rings. The second kappa shape index (κ2) is 9.98. The van der Waals surface area contributed by atoms with Crippen LogP contribution in [0.25, 0.3) is 0 Å². The minimum Gasteiger partial charge on any atom is -0.371 e. The van der Waals surface area contributed by atoms with Crippen LogP contribution < -0.4 is 15.5 Å². The largest absolute Gasteiger partial charge is 0.371 e. The van der Waals surface area contributed by atoms with E-state index in [9.17, 15) is 4.79 Å². The number of rotatable bonds is 6. The predicted octanol–water partition coefficient (Wildman–Crippen LogP) is 3.79. The van der Waals surface area contributed by atoms with Gasteiger partial charge in [-0.2, -0.15) is 0 Å². The van der Waals surface area contributed by atoms with Crippen LogP contribution in [0.5, 0.6) is 0 Å². The fraction of sp³-hybridized carbons (Fsp3) is 0.480. The number of hydrogen-bond donors (Lipinski definition) is 2. The molecule has 2 aromatic carbocycles. The molecule has 160 valence electrons. The van der Waals surface area contributed by atoms with Gasteiger partial charge in [-0.25, -0.2) is 4.79 Å². The van der Waals surface area contributed by atoms with Crippen molar-refractivity contribution in [3.63, 3.8) is 0 Å². The Hall–Kier alpha value is -2.53. The quantitative estimate of drug-likeness (QED) is 0.767. The molecule has 5 heteroatoms. The van der Waals surface area contributed by atoms with Gasteiger partial charge >= 0.3 is 6.03 Å². The molecule has 0 radical (unpaired) electrons. The highest BCUT2D eigenvalue weighted by molar-refractivity contribution is 5.74. The number of carbonyl (C=O) groups is 1. The highest BCUT2D eigenvalue weighted by Gasteiger charge is 2.24. The topological polar surface area (TPSA) is 47.6 Å². The SMILES string of the molecule is Cc1ccccc1CN1CCC(NC(=O)NCC2CCN(c3ccccc3)C2)CC1. The lowest BCUT2D eigenvalue weighted by Gasteiger charge is -2.32. The number of piperidine rings is 1. The van der Waals surface area contributed by atoms with Crippen molar-refractivity contribution in [1.29, 1.82) is 0 Å². The first kappa shape index (κ1) is 20.7. The maximum atomic E-state index is 12.4. The van der Waals surface area contributed by atoms with E-state index in [1.165, 1.54) is 16.8 Å². The van der Waals surface area contributed by atoms with Crippen molar-refractivity contribution in [1.82, 2.24) is 15.5 Å². The normalized spacial score (nSPS) is 20.3. The monoisotopic (exact) mass is 406 g/mol. The van der Waals surface area contributed by atoms with E-state index >= 15 is 0 Å². The molecule has 30 heavy (non-hydrogen) atoms. The van der Waals surface area contributed by atoms with E-state index in [4.69, 9.17) is 0 Å². The van der Waals surface area contributed by atoms with Crippen molar-refractivity contribution in [2.75, 3.05) is 37.6 Å². The minimum atomic E-state index is -0.00878. The Balaban J connectivity index is 1.14. The molecule has 2 fully saturated rings. The van der Waals surface area contributed by atoms with Crippen molar-refractivity contribution >= 4 is 11.7 Å². The third-order valence-electron chi connectivity index (χ3n) is 6.54. The van der Waals surface area contributed by atoms with Crippen molar-refractivity contribution in [3.8, 4) is 0 Å². The molecule has 1 unspecified atom stereocenters. The smallest absolute Gasteiger partial charge is 0.315 e. The van der Waals surface area contributed by atoms with E-state index in [2.05, 4.69) is 82.0 Å². The number of aryl methyl sites for hydroxylation is 1. The molecule has 2 amide bonds. The summed E-state index contributed by atoms with van der Waals surface area (Å²) in [6, 6.07) is 19.4. The molecule has 2 aliphatic heterocycles. The third-order valence-corrected chi connectivity index (χ3v) is 6.54. The van der Waals surface area contributed by atoms with Crippen LogP contribution in [0.2, 0.25) is 0 Å². The van der Waals surface area contributed by atoms with Gasteiger partial charge in [0, 0.05) is 51.0 Å². The van der Waals surface area contributed by atoms with Gasteiger partial charge in [-0.1, -0.05) is 42.5 Å². The predicted molar refractivity (Wildman–Crippen MR) is 123 cm³/mol. The maximum absolute atomic E-state index is 12.4. The summed E-state index contributed by atoms with van der Waals surface area (Å²) in [5.41, 5.74) is 4.04. The fourth-order valence-corrected chi connectivity index (χ4v) is 4.61.